The average Bonchev–Trinajstić information content (AvgIpc) is 2.27. The summed E-state index contributed by atoms with van der Waals surface area (Å²) in [6.45, 7) is 8.39. The Bertz CT molecular complexity index is 215. The molecule has 1 atom stereocenters. The van der Waals surface area contributed by atoms with Crippen molar-refractivity contribution in [3.63, 3.8) is 0 Å². The number of piperazine rings is 1. The molecule has 1 saturated heterocycles. The first-order valence-electron chi connectivity index (χ1n) is 5.97. The Balaban J connectivity index is 2.14. The second-order valence-corrected chi connectivity index (χ2v) is 4.64. The molecule has 0 saturated carbocycles. The predicted molar refractivity (Wildman–Crippen MR) is 63.2 cm³/mol. The van der Waals surface area contributed by atoms with E-state index in [4.69, 9.17) is 0 Å². The van der Waals surface area contributed by atoms with Gasteiger partial charge in [0.1, 0.15) is 0 Å². The van der Waals surface area contributed by atoms with E-state index in [0.717, 1.165) is 26.2 Å². The van der Waals surface area contributed by atoms with Crippen LogP contribution in [0, 0.1) is 5.92 Å². The van der Waals surface area contributed by atoms with E-state index in [0.29, 0.717) is 13.1 Å². The maximum absolute atomic E-state index is 11.6. The molecule has 16 heavy (non-hydrogen) atoms. The molecule has 5 heteroatoms. The van der Waals surface area contributed by atoms with Gasteiger partial charge in [-0.25, -0.2) is 0 Å². The Morgan fingerprint density at radius 1 is 1.44 bits per heavy atom. The van der Waals surface area contributed by atoms with E-state index in [9.17, 15) is 9.90 Å². The summed E-state index contributed by atoms with van der Waals surface area (Å²) in [6, 6.07) is 0. The number of aliphatic hydroxyl groups excluding tert-OH is 1. The molecule has 0 aliphatic carbocycles. The van der Waals surface area contributed by atoms with Crippen molar-refractivity contribution in [3.05, 3.63) is 0 Å². The number of rotatable bonds is 5. The summed E-state index contributed by atoms with van der Waals surface area (Å²) in [6.07, 6.45) is -0.452. The number of hydrogen-bond donors (Lipinski definition) is 3. The fourth-order valence-corrected chi connectivity index (χ4v) is 1.58. The predicted octanol–water partition coefficient (Wildman–Crippen LogP) is -0.975. The summed E-state index contributed by atoms with van der Waals surface area (Å²) < 4.78 is 0. The first kappa shape index (κ1) is 13.4. The van der Waals surface area contributed by atoms with Gasteiger partial charge in [-0.15, -0.1) is 0 Å². The molecule has 1 heterocycles. The molecule has 0 aromatic carbocycles. The van der Waals surface area contributed by atoms with Gasteiger partial charge in [0.05, 0.1) is 12.6 Å². The molecule has 1 rings (SSSR count). The number of amides is 1. The third-order valence-electron chi connectivity index (χ3n) is 2.85. The molecule has 1 aliphatic heterocycles. The van der Waals surface area contributed by atoms with Gasteiger partial charge in [0.15, 0.2) is 0 Å². The first-order valence-corrected chi connectivity index (χ1v) is 5.97. The van der Waals surface area contributed by atoms with Crippen LogP contribution in [0.25, 0.3) is 0 Å². The lowest BCUT2D eigenvalue weighted by Gasteiger charge is -2.26. The largest absolute Gasteiger partial charge is 0.391 e. The molecule has 1 amide bonds. The van der Waals surface area contributed by atoms with Crippen molar-refractivity contribution < 1.29 is 9.90 Å². The van der Waals surface area contributed by atoms with Crippen molar-refractivity contribution in [3.8, 4) is 0 Å². The van der Waals surface area contributed by atoms with Crippen molar-refractivity contribution in [1.82, 2.24) is 15.5 Å². The minimum absolute atomic E-state index is 0.00148. The highest BCUT2D eigenvalue weighted by atomic mass is 16.3. The van der Waals surface area contributed by atoms with Crippen LogP contribution in [-0.4, -0.2) is 61.3 Å². The van der Waals surface area contributed by atoms with E-state index < -0.39 is 6.10 Å². The lowest BCUT2D eigenvalue weighted by atomic mass is 10.1. The van der Waals surface area contributed by atoms with Crippen LogP contribution in [-0.2, 0) is 4.79 Å². The summed E-state index contributed by atoms with van der Waals surface area (Å²) in [5.41, 5.74) is 0. The van der Waals surface area contributed by atoms with Crippen LogP contribution in [0.4, 0.5) is 0 Å². The van der Waals surface area contributed by atoms with Crippen LogP contribution in [0.15, 0.2) is 0 Å². The van der Waals surface area contributed by atoms with E-state index in [1.807, 2.05) is 13.8 Å². The van der Waals surface area contributed by atoms with E-state index >= 15 is 0 Å². The van der Waals surface area contributed by atoms with Crippen LogP contribution >= 0.6 is 0 Å². The Morgan fingerprint density at radius 2 is 2.06 bits per heavy atom. The molecule has 1 fully saturated rings. The van der Waals surface area contributed by atoms with E-state index in [2.05, 4.69) is 15.5 Å². The summed E-state index contributed by atoms with van der Waals surface area (Å²) >= 11 is 0. The molecule has 0 spiro atoms. The fraction of sp³-hybridized carbons (Fsp3) is 0.909. The van der Waals surface area contributed by atoms with Gasteiger partial charge >= 0.3 is 0 Å². The van der Waals surface area contributed by atoms with Gasteiger partial charge in [-0.3, -0.25) is 9.69 Å². The molecule has 0 aromatic heterocycles. The number of hydrogen-bond acceptors (Lipinski definition) is 4. The molecular formula is C11H23N3O2. The molecule has 1 unspecified atom stereocenters. The zero-order valence-electron chi connectivity index (χ0n) is 10.2. The molecule has 0 aromatic rings. The SMILES string of the molecule is CC(C)C(O)CNC(=O)CN1CCNCC1. The third kappa shape index (κ3) is 4.92. The zero-order valence-corrected chi connectivity index (χ0v) is 10.2. The number of nitrogens with one attached hydrogen (secondary N) is 2. The molecule has 94 valence electrons. The quantitative estimate of drug-likeness (QED) is 0.567. The fourth-order valence-electron chi connectivity index (χ4n) is 1.58. The van der Waals surface area contributed by atoms with Crippen molar-refractivity contribution in [2.75, 3.05) is 39.3 Å². The second kappa shape index (κ2) is 6.83. The Kier molecular flexibility index (Phi) is 5.73. The Hall–Kier alpha value is -0.650. The number of aliphatic hydroxyl groups is 1. The van der Waals surface area contributed by atoms with Crippen molar-refractivity contribution in [2.24, 2.45) is 5.92 Å². The molecule has 0 bridgehead atoms. The maximum Gasteiger partial charge on any atom is 0.234 e. The molecule has 0 radical (unpaired) electrons. The minimum Gasteiger partial charge on any atom is -0.391 e. The average molecular weight is 229 g/mol. The smallest absolute Gasteiger partial charge is 0.234 e. The minimum atomic E-state index is -0.452. The van der Waals surface area contributed by atoms with Crippen LogP contribution in [0.3, 0.4) is 0 Å². The lowest BCUT2D eigenvalue weighted by Crippen LogP contribution is -2.48. The van der Waals surface area contributed by atoms with Crippen LogP contribution in [0.2, 0.25) is 0 Å². The topological polar surface area (TPSA) is 64.6 Å². The third-order valence-corrected chi connectivity index (χ3v) is 2.85. The highest BCUT2D eigenvalue weighted by Gasteiger charge is 2.15. The van der Waals surface area contributed by atoms with Gasteiger partial charge < -0.3 is 15.7 Å². The number of carbonyl (C=O) groups is 1. The van der Waals surface area contributed by atoms with Gasteiger partial charge in [0.2, 0.25) is 5.91 Å². The van der Waals surface area contributed by atoms with Gasteiger partial charge in [0.25, 0.3) is 0 Å². The van der Waals surface area contributed by atoms with Crippen molar-refractivity contribution in [1.29, 1.82) is 0 Å². The van der Waals surface area contributed by atoms with Gasteiger partial charge in [-0.2, -0.15) is 0 Å². The molecule has 3 N–H and O–H groups in total. The van der Waals surface area contributed by atoms with E-state index in [1.165, 1.54) is 0 Å². The molecular weight excluding hydrogens is 206 g/mol. The van der Waals surface area contributed by atoms with E-state index in [1.54, 1.807) is 0 Å². The standard InChI is InChI=1S/C11H23N3O2/c1-9(2)10(15)7-13-11(16)8-14-5-3-12-4-6-14/h9-10,12,15H,3-8H2,1-2H3,(H,13,16). The maximum atomic E-state index is 11.6. The Labute approximate surface area is 97.2 Å². The van der Waals surface area contributed by atoms with Crippen molar-refractivity contribution in [2.45, 2.75) is 20.0 Å². The van der Waals surface area contributed by atoms with Crippen molar-refractivity contribution >= 4 is 5.91 Å². The summed E-state index contributed by atoms with van der Waals surface area (Å²) in [5.74, 6) is 0.182. The van der Waals surface area contributed by atoms with Crippen LogP contribution < -0.4 is 10.6 Å². The summed E-state index contributed by atoms with van der Waals surface area (Å²) in [7, 11) is 0. The highest BCUT2D eigenvalue weighted by molar-refractivity contribution is 5.78. The normalized spacial score (nSPS) is 19.8. The molecule has 1 aliphatic rings. The van der Waals surface area contributed by atoms with Gasteiger partial charge in [-0.05, 0) is 5.92 Å². The summed E-state index contributed by atoms with van der Waals surface area (Å²) in [5, 5.41) is 15.5. The lowest BCUT2D eigenvalue weighted by molar-refractivity contribution is -0.123. The number of nitrogens with zero attached hydrogens (tertiary/aromatic N) is 1. The molecule has 5 nitrogen and oxygen atoms in total. The van der Waals surface area contributed by atoms with E-state index in [-0.39, 0.29) is 11.8 Å². The zero-order chi connectivity index (χ0) is 12.0. The highest BCUT2D eigenvalue weighted by Crippen LogP contribution is 1.99. The first-order chi connectivity index (χ1) is 7.59. The van der Waals surface area contributed by atoms with Crippen LogP contribution in [0.1, 0.15) is 13.8 Å². The number of carbonyl (C=O) groups excluding carboxylic acids is 1. The summed E-state index contributed by atoms with van der Waals surface area (Å²) in [4.78, 5) is 13.7. The second-order valence-electron chi connectivity index (χ2n) is 4.64. The monoisotopic (exact) mass is 229 g/mol. The van der Waals surface area contributed by atoms with Crippen LogP contribution in [0.5, 0.6) is 0 Å². The van der Waals surface area contributed by atoms with Gasteiger partial charge in [0, 0.05) is 32.7 Å². The van der Waals surface area contributed by atoms with Gasteiger partial charge in [-0.1, -0.05) is 13.8 Å². The Morgan fingerprint density at radius 3 is 2.62 bits per heavy atom.